The van der Waals surface area contributed by atoms with Crippen molar-refractivity contribution >= 4 is 92.8 Å². The van der Waals surface area contributed by atoms with E-state index in [1.165, 1.54) is 18.2 Å². The van der Waals surface area contributed by atoms with E-state index in [4.69, 9.17) is 21.1 Å². The predicted octanol–water partition coefficient (Wildman–Crippen LogP) is 6.40. The zero-order chi connectivity index (χ0) is 42.2. The van der Waals surface area contributed by atoms with Gasteiger partial charge in [-0.3, -0.25) is 4.55 Å². The molecule has 0 bridgehead atoms. The van der Waals surface area contributed by atoms with Crippen molar-refractivity contribution in [3.05, 3.63) is 108 Å². The summed E-state index contributed by atoms with van der Waals surface area (Å²) in [6.07, 6.45) is 4.47. The summed E-state index contributed by atoms with van der Waals surface area (Å²) in [7, 11) is -4.73. The van der Waals surface area contributed by atoms with Crippen molar-refractivity contribution in [1.29, 1.82) is 0 Å². The van der Waals surface area contributed by atoms with Crippen LogP contribution >= 0.6 is 12.0 Å². The van der Waals surface area contributed by atoms with Crippen LogP contribution < -0.4 is 43.4 Å². The highest BCUT2D eigenvalue weighted by Crippen LogP contribution is 2.31. The molecule has 0 aliphatic carbocycles. The van der Waals surface area contributed by atoms with Gasteiger partial charge in [-0.2, -0.15) is 38.3 Å². The van der Waals surface area contributed by atoms with E-state index in [0.717, 1.165) is 11.4 Å². The maximum atomic E-state index is 12.7. The first-order chi connectivity index (χ1) is 29.2. The van der Waals surface area contributed by atoms with Crippen LogP contribution in [0.5, 0.6) is 0 Å². The average Bonchev–Trinajstić information content (AvgIpc) is 3.23. The van der Waals surface area contributed by atoms with Crippen molar-refractivity contribution in [2.24, 2.45) is 11.5 Å². The van der Waals surface area contributed by atoms with E-state index in [2.05, 4.69) is 66.8 Å². The van der Waals surface area contributed by atoms with E-state index in [-0.39, 0.29) is 41.0 Å². The summed E-state index contributed by atoms with van der Waals surface area (Å²) < 4.78 is 40.4. The van der Waals surface area contributed by atoms with Gasteiger partial charge in [0.15, 0.2) is 0 Å². The molecule has 0 aliphatic rings. The summed E-state index contributed by atoms with van der Waals surface area (Å²) in [6, 6.07) is 28.2. The summed E-state index contributed by atoms with van der Waals surface area (Å²) in [4.78, 5) is 26.8. The highest BCUT2D eigenvalue weighted by molar-refractivity contribution is 7.94. The van der Waals surface area contributed by atoms with Crippen LogP contribution in [-0.2, 0) is 19.5 Å². The Kier molecular flexibility index (Phi) is 15.4. The molecule has 12 N–H and O–H groups in total. The number of nitrogens with zero attached hydrogens (tertiary/aromatic N) is 6. The predicted molar refractivity (Wildman–Crippen MR) is 232 cm³/mol. The number of hydrogen-bond acceptors (Lipinski definition) is 20. The molecule has 6 rings (SSSR count). The van der Waals surface area contributed by atoms with Gasteiger partial charge < -0.3 is 43.4 Å². The van der Waals surface area contributed by atoms with Crippen LogP contribution in [0.25, 0.3) is 12.2 Å². The maximum Gasteiger partial charge on any atom is 0.295 e. The molecular weight excluding hydrogens is 813 g/mol. The molecule has 0 aliphatic heterocycles. The lowest BCUT2D eigenvalue weighted by Crippen LogP contribution is -2.13. The quantitative estimate of drug-likeness (QED) is 0.00882. The molecule has 4 aromatic carbocycles. The molecule has 0 unspecified atom stereocenters. The van der Waals surface area contributed by atoms with Gasteiger partial charge in [0.2, 0.25) is 35.7 Å². The van der Waals surface area contributed by atoms with Gasteiger partial charge in [-0.05, 0) is 85.6 Å². The molecule has 20 nitrogen and oxygen atoms in total. The first-order valence-corrected chi connectivity index (χ1v) is 20.5. The number of nitrogens with one attached hydrogen (secondary N) is 6. The van der Waals surface area contributed by atoms with Crippen LogP contribution in [0, 0.1) is 0 Å². The third kappa shape index (κ3) is 13.0. The second kappa shape index (κ2) is 21.5. The summed E-state index contributed by atoms with van der Waals surface area (Å²) in [5.41, 5.74) is 14.3. The van der Waals surface area contributed by atoms with Gasteiger partial charge in [0.05, 0.1) is 12.0 Å². The molecule has 0 spiro atoms. The van der Waals surface area contributed by atoms with Crippen molar-refractivity contribution in [2.45, 2.75) is 22.6 Å². The third-order valence-electron chi connectivity index (χ3n) is 8.07. The van der Waals surface area contributed by atoms with Crippen molar-refractivity contribution in [3.63, 3.8) is 0 Å². The molecule has 0 fully saturated rings. The largest absolute Gasteiger partial charge is 0.354 e. The molecule has 22 heteroatoms. The Balaban J connectivity index is 1.25. The van der Waals surface area contributed by atoms with E-state index in [9.17, 15) is 13.0 Å². The maximum absolute atomic E-state index is 12.7. The van der Waals surface area contributed by atoms with E-state index < -0.39 is 15.0 Å². The van der Waals surface area contributed by atoms with Crippen molar-refractivity contribution < 1.29 is 27.6 Å². The summed E-state index contributed by atoms with van der Waals surface area (Å²) in [5, 5.41) is 31.5. The van der Waals surface area contributed by atoms with Crippen LogP contribution in [0.3, 0.4) is 0 Å². The van der Waals surface area contributed by atoms with Crippen molar-refractivity contribution in [2.75, 3.05) is 58.1 Å². The molecule has 0 radical (unpaired) electrons. The van der Waals surface area contributed by atoms with E-state index in [1.54, 1.807) is 30.3 Å². The van der Waals surface area contributed by atoms with Gasteiger partial charge in [0, 0.05) is 40.7 Å². The molecule has 60 heavy (non-hydrogen) atoms. The number of nitrogens with two attached hydrogens (primary N) is 2. The molecule has 2 aromatic heterocycles. The first kappa shape index (κ1) is 43.1. The molecular formula is C38H42N14O6S2. The highest BCUT2D eigenvalue weighted by atomic mass is 32.2. The number of rotatable bonds is 22. The average molecular weight is 855 g/mol. The molecule has 0 saturated heterocycles. The van der Waals surface area contributed by atoms with Crippen LogP contribution in [-0.4, -0.2) is 74.3 Å². The Bertz CT molecular complexity index is 2470. The molecule has 2 heterocycles. The van der Waals surface area contributed by atoms with Gasteiger partial charge in [0.1, 0.15) is 4.90 Å². The molecule has 0 amide bonds. The lowest BCUT2D eigenvalue weighted by atomic mass is 10.1. The van der Waals surface area contributed by atoms with Crippen molar-refractivity contribution in [1.82, 2.24) is 29.9 Å². The molecule has 0 atom stereocenters. The number of hydrogen-bond donors (Lipinski definition) is 10. The minimum absolute atomic E-state index is 0.102. The fourth-order valence-electron chi connectivity index (χ4n) is 5.32. The number of aromatic nitrogens is 6. The lowest BCUT2D eigenvalue weighted by molar-refractivity contribution is -0.432. The Labute approximate surface area is 349 Å². The van der Waals surface area contributed by atoms with Crippen LogP contribution in [0.15, 0.2) is 107 Å². The summed E-state index contributed by atoms with van der Waals surface area (Å²) in [6.45, 7) is 2.02. The number of para-hydroxylation sites is 2. The summed E-state index contributed by atoms with van der Waals surface area (Å²) in [5.74, 6) is 1.41. The fraction of sp³-hybridized carbons (Fsp3) is 0.158. The molecule has 312 valence electrons. The smallest absolute Gasteiger partial charge is 0.295 e. The third-order valence-corrected chi connectivity index (χ3v) is 9.64. The lowest BCUT2D eigenvalue weighted by Gasteiger charge is -2.13. The highest BCUT2D eigenvalue weighted by Gasteiger charge is 2.17. The fourth-order valence-corrected chi connectivity index (χ4v) is 6.55. The molecule has 6 aromatic rings. The van der Waals surface area contributed by atoms with Gasteiger partial charge in [-0.15, -0.1) is 4.33 Å². The van der Waals surface area contributed by atoms with Crippen LogP contribution in [0.1, 0.15) is 24.0 Å². The van der Waals surface area contributed by atoms with Crippen LogP contribution in [0.4, 0.5) is 58.4 Å². The minimum Gasteiger partial charge on any atom is -0.354 e. The Morgan fingerprint density at radius 1 is 0.583 bits per heavy atom. The van der Waals surface area contributed by atoms with Crippen molar-refractivity contribution in [3.8, 4) is 0 Å². The zero-order valence-electron chi connectivity index (χ0n) is 31.8. The SMILES string of the molecule is NCCCNc1nc(Nc2ccccc2)nc(Nc2ccc(C=Cc3ccc(Nc4nc(NCCCN)nc(Nc5ccccc5)n4)cc3S(=O)(=O)O)c(SOOO)c2)n1. The van der Waals surface area contributed by atoms with E-state index in [1.807, 2.05) is 60.7 Å². The molecule has 0 saturated carbocycles. The van der Waals surface area contributed by atoms with Gasteiger partial charge in [-0.1, -0.05) is 65.7 Å². The Morgan fingerprint density at radius 2 is 1.02 bits per heavy atom. The number of anilines is 10. The number of benzene rings is 4. The van der Waals surface area contributed by atoms with Gasteiger partial charge in [-0.25, -0.2) is 5.26 Å². The topological polar surface area (TPSA) is 295 Å². The van der Waals surface area contributed by atoms with Gasteiger partial charge >= 0.3 is 0 Å². The second-order valence-corrected chi connectivity index (χ2v) is 14.7. The Hall–Kier alpha value is -6.50. The summed E-state index contributed by atoms with van der Waals surface area (Å²) >= 11 is 0.684. The monoisotopic (exact) mass is 854 g/mol. The zero-order valence-corrected chi connectivity index (χ0v) is 33.4. The first-order valence-electron chi connectivity index (χ1n) is 18.4. The normalized spacial score (nSPS) is 11.3. The Morgan fingerprint density at radius 3 is 1.48 bits per heavy atom. The van der Waals surface area contributed by atoms with Crippen LogP contribution in [0.2, 0.25) is 0 Å². The second-order valence-electron chi connectivity index (χ2n) is 12.5. The van der Waals surface area contributed by atoms with Gasteiger partial charge in [0.25, 0.3) is 10.1 Å². The standard InChI is InChI=1S/C38H42N14O6S2/c39-19-7-21-41-33-47-35(43-27-9-3-1-4-10-27)51-37(49-33)45-29-17-15-25(31(23-29)59-58-57-53)13-14-26-16-18-30(24-32(26)60(54,55)56)46-38-50-34(42-22-8-20-40)48-36(52-38)44-28-11-5-2-6-12-28/h1-6,9-18,23-24,53H,7-8,19-22,39-40H2,(H,54,55,56)(H3,41,43,45,47,49,51)(H3,42,44,46,48,50,52). The van der Waals surface area contributed by atoms with E-state index in [0.29, 0.717) is 73.2 Å². The minimum atomic E-state index is -4.73. The van der Waals surface area contributed by atoms with E-state index >= 15 is 0 Å².